The molecule has 2 aromatic carbocycles. The molecule has 0 fully saturated rings. The SMILES string of the molecule is CCn1c(SCC(=O)Nc2ccc(I)cc2C(C)C)nnc1[C@@H](C)Oc1ccccc1Cl. The first-order valence-electron chi connectivity index (χ1n) is 10.4. The van der Waals surface area contributed by atoms with Crippen molar-refractivity contribution in [2.45, 2.75) is 51.4 Å². The number of hydrogen-bond donors (Lipinski definition) is 1. The van der Waals surface area contributed by atoms with Crippen LogP contribution in [-0.4, -0.2) is 26.4 Å². The van der Waals surface area contributed by atoms with Gasteiger partial charge in [-0.15, -0.1) is 10.2 Å². The molecule has 1 atom stereocenters. The molecule has 0 radical (unpaired) electrons. The van der Waals surface area contributed by atoms with Gasteiger partial charge in [0.05, 0.1) is 10.8 Å². The second kappa shape index (κ2) is 11.4. The number of hydrogen-bond acceptors (Lipinski definition) is 5. The number of ether oxygens (including phenoxy) is 1. The number of carbonyl (C=O) groups is 1. The molecular formula is C23H26ClIN4O2S. The molecule has 0 bridgehead atoms. The molecular weight excluding hydrogens is 559 g/mol. The van der Waals surface area contributed by atoms with Crippen LogP contribution in [0, 0.1) is 3.57 Å². The molecule has 0 aliphatic carbocycles. The molecule has 6 nitrogen and oxygen atoms in total. The summed E-state index contributed by atoms with van der Waals surface area (Å²) in [6, 6.07) is 13.4. The number of carbonyl (C=O) groups excluding carboxylic acids is 1. The molecule has 0 aliphatic heterocycles. The zero-order valence-electron chi connectivity index (χ0n) is 18.4. The third-order valence-electron chi connectivity index (χ3n) is 4.81. The molecule has 3 aromatic rings. The third kappa shape index (κ3) is 6.17. The molecule has 1 aromatic heterocycles. The fraction of sp³-hybridized carbons (Fsp3) is 0.348. The Balaban J connectivity index is 1.67. The second-order valence-electron chi connectivity index (χ2n) is 7.50. The maximum absolute atomic E-state index is 12.6. The van der Waals surface area contributed by atoms with Gasteiger partial charge in [-0.25, -0.2) is 0 Å². The molecule has 0 aliphatic rings. The van der Waals surface area contributed by atoms with Crippen LogP contribution in [-0.2, 0) is 11.3 Å². The van der Waals surface area contributed by atoms with Gasteiger partial charge in [-0.3, -0.25) is 4.79 Å². The van der Waals surface area contributed by atoms with E-state index in [0.717, 1.165) is 14.8 Å². The maximum Gasteiger partial charge on any atom is 0.234 e. The summed E-state index contributed by atoms with van der Waals surface area (Å²) in [5.74, 6) is 1.76. The van der Waals surface area contributed by atoms with Crippen molar-refractivity contribution in [3.63, 3.8) is 0 Å². The normalized spacial score (nSPS) is 12.1. The summed E-state index contributed by atoms with van der Waals surface area (Å²) < 4.78 is 9.10. The number of anilines is 1. The Morgan fingerprint density at radius 3 is 2.66 bits per heavy atom. The summed E-state index contributed by atoms with van der Waals surface area (Å²) in [5.41, 5.74) is 1.98. The molecule has 0 saturated heterocycles. The van der Waals surface area contributed by atoms with Crippen molar-refractivity contribution in [3.8, 4) is 5.75 Å². The number of halogens is 2. The van der Waals surface area contributed by atoms with E-state index >= 15 is 0 Å². The standard InChI is InChI=1S/C23H26ClIN4O2S/c1-5-29-22(15(4)31-20-9-7-6-8-18(20)24)27-28-23(29)32-13-21(30)26-19-11-10-16(25)12-17(19)14(2)3/h6-12,14-15H,5,13H2,1-4H3,(H,26,30)/t15-/m1/s1. The summed E-state index contributed by atoms with van der Waals surface area (Å²) in [7, 11) is 0. The Labute approximate surface area is 211 Å². The molecule has 0 spiro atoms. The first-order chi connectivity index (χ1) is 15.3. The fourth-order valence-corrected chi connectivity index (χ4v) is 4.73. The number of nitrogens with zero attached hydrogens (tertiary/aromatic N) is 3. The minimum Gasteiger partial charge on any atom is -0.481 e. The van der Waals surface area contributed by atoms with Gasteiger partial charge in [-0.1, -0.05) is 49.3 Å². The minimum atomic E-state index is -0.342. The second-order valence-corrected chi connectivity index (χ2v) is 10.1. The Bertz CT molecular complexity index is 1090. The predicted molar refractivity (Wildman–Crippen MR) is 139 cm³/mol. The van der Waals surface area contributed by atoms with Crippen LogP contribution < -0.4 is 10.1 Å². The lowest BCUT2D eigenvalue weighted by Gasteiger charge is -2.16. The lowest BCUT2D eigenvalue weighted by molar-refractivity contribution is -0.113. The molecule has 170 valence electrons. The number of rotatable bonds is 9. The summed E-state index contributed by atoms with van der Waals surface area (Å²) in [6.45, 7) is 8.82. The van der Waals surface area contributed by atoms with Gasteiger partial charge in [0.2, 0.25) is 5.91 Å². The van der Waals surface area contributed by atoms with Crippen molar-refractivity contribution < 1.29 is 9.53 Å². The lowest BCUT2D eigenvalue weighted by atomic mass is 10.0. The molecule has 1 amide bonds. The monoisotopic (exact) mass is 584 g/mol. The van der Waals surface area contributed by atoms with Gasteiger partial charge < -0.3 is 14.6 Å². The highest BCUT2D eigenvalue weighted by molar-refractivity contribution is 14.1. The number of amides is 1. The van der Waals surface area contributed by atoms with Gasteiger partial charge in [0.1, 0.15) is 5.75 Å². The number of para-hydroxylation sites is 1. The molecule has 3 rings (SSSR count). The number of nitrogens with one attached hydrogen (secondary N) is 1. The van der Waals surface area contributed by atoms with Crippen LogP contribution in [0.25, 0.3) is 0 Å². The molecule has 9 heteroatoms. The van der Waals surface area contributed by atoms with Crippen molar-refractivity contribution in [1.29, 1.82) is 0 Å². The van der Waals surface area contributed by atoms with E-state index in [0.29, 0.717) is 34.2 Å². The van der Waals surface area contributed by atoms with E-state index in [1.165, 1.54) is 11.8 Å². The molecule has 1 heterocycles. The summed E-state index contributed by atoms with van der Waals surface area (Å²) in [6.07, 6.45) is -0.342. The van der Waals surface area contributed by atoms with Gasteiger partial charge in [-0.05, 0) is 78.3 Å². The van der Waals surface area contributed by atoms with E-state index in [-0.39, 0.29) is 17.8 Å². The fourth-order valence-electron chi connectivity index (χ4n) is 3.23. The zero-order valence-corrected chi connectivity index (χ0v) is 22.2. The third-order valence-corrected chi connectivity index (χ3v) is 6.76. The van der Waals surface area contributed by atoms with Crippen molar-refractivity contribution in [1.82, 2.24) is 14.8 Å². The molecule has 0 saturated carbocycles. The number of thioether (sulfide) groups is 1. The molecule has 0 unspecified atom stereocenters. The van der Waals surface area contributed by atoms with Crippen molar-refractivity contribution >= 4 is 57.5 Å². The van der Waals surface area contributed by atoms with Crippen LogP contribution in [0.15, 0.2) is 47.6 Å². The van der Waals surface area contributed by atoms with E-state index in [4.69, 9.17) is 16.3 Å². The van der Waals surface area contributed by atoms with E-state index in [1.807, 2.05) is 48.7 Å². The van der Waals surface area contributed by atoms with Gasteiger partial charge in [0.25, 0.3) is 0 Å². The highest BCUT2D eigenvalue weighted by Crippen LogP contribution is 2.30. The van der Waals surface area contributed by atoms with E-state index in [2.05, 4.69) is 58.0 Å². The summed E-state index contributed by atoms with van der Waals surface area (Å²) in [5, 5.41) is 12.9. The quantitative estimate of drug-likeness (QED) is 0.228. The van der Waals surface area contributed by atoms with Crippen LogP contribution in [0.4, 0.5) is 5.69 Å². The Hall–Kier alpha value is -1.78. The highest BCUT2D eigenvalue weighted by atomic mass is 127. The molecule has 1 N–H and O–H groups in total. The average Bonchev–Trinajstić information content (AvgIpc) is 3.18. The summed E-state index contributed by atoms with van der Waals surface area (Å²) >= 11 is 9.85. The smallest absolute Gasteiger partial charge is 0.234 e. The van der Waals surface area contributed by atoms with Crippen molar-refractivity contribution in [2.24, 2.45) is 0 Å². The Morgan fingerprint density at radius 2 is 1.97 bits per heavy atom. The first kappa shape index (κ1) is 24.9. The largest absolute Gasteiger partial charge is 0.481 e. The Morgan fingerprint density at radius 1 is 1.22 bits per heavy atom. The predicted octanol–water partition coefficient (Wildman–Crippen LogP) is 6.55. The van der Waals surface area contributed by atoms with Gasteiger partial charge in [0.15, 0.2) is 17.1 Å². The maximum atomic E-state index is 12.6. The topological polar surface area (TPSA) is 69.0 Å². The van der Waals surface area contributed by atoms with Crippen molar-refractivity contribution in [2.75, 3.05) is 11.1 Å². The van der Waals surface area contributed by atoms with Gasteiger partial charge in [0, 0.05) is 15.8 Å². The average molecular weight is 585 g/mol. The van der Waals surface area contributed by atoms with E-state index < -0.39 is 0 Å². The highest BCUT2D eigenvalue weighted by Gasteiger charge is 2.20. The van der Waals surface area contributed by atoms with Crippen LogP contribution in [0.1, 0.15) is 51.1 Å². The van der Waals surface area contributed by atoms with Crippen LogP contribution in [0.2, 0.25) is 5.02 Å². The van der Waals surface area contributed by atoms with E-state index in [9.17, 15) is 4.79 Å². The van der Waals surface area contributed by atoms with E-state index in [1.54, 1.807) is 6.07 Å². The minimum absolute atomic E-state index is 0.0781. The first-order valence-corrected chi connectivity index (χ1v) is 12.8. The Kier molecular flexibility index (Phi) is 8.84. The zero-order chi connectivity index (χ0) is 23.3. The van der Waals surface area contributed by atoms with Crippen molar-refractivity contribution in [3.05, 3.63) is 62.4 Å². The van der Waals surface area contributed by atoms with Gasteiger partial charge in [-0.2, -0.15) is 0 Å². The number of benzene rings is 2. The van der Waals surface area contributed by atoms with Crippen LogP contribution in [0.5, 0.6) is 5.75 Å². The number of aromatic nitrogens is 3. The van der Waals surface area contributed by atoms with Gasteiger partial charge >= 0.3 is 0 Å². The summed E-state index contributed by atoms with van der Waals surface area (Å²) in [4.78, 5) is 12.6. The van der Waals surface area contributed by atoms with Crippen LogP contribution in [0.3, 0.4) is 0 Å². The molecule has 32 heavy (non-hydrogen) atoms. The lowest BCUT2D eigenvalue weighted by Crippen LogP contribution is -2.16. The van der Waals surface area contributed by atoms with Crippen LogP contribution >= 0.6 is 46.0 Å².